The molecule has 0 aliphatic carbocycles. The Labute approximate surface area is 110 Å². The molecule has 0 fully saturated rings. The van der Waals surface area contributed by atoms with Gasteiger partial charge in [0.1, 0.15) is 21.5 Å². The van der Waals surface area contributed by atoms with Crippen molar-refractivity contribution in [2.45, 2.75) is 5.75 Å². The number of nitrogens with one attached hydrogen (secondary N) is 1. The summed E-state index contributed by atoms with van der Waals surface area (Å²) < 4.78 is 34.9. The number of nitrogen functional groups attached to an aromatic ring is 1. The molecule has 0 aliphatic rings. The molecule has 1 rings (SSSR count). The normalized spacial score (nSPS) is 11.4. The lowest BCUT2D eigenvalue weighted by Crippen LogP contribution is -2.14. The van der Waals surface area contributed by atoms with Crippen LogP contribution in [0.2, 0.25) is 0 Å². The minimum Gasteiger partial charge on any atom is -0.384 e. The molecule has 0 saturated heterocycles. The summed E-state index contributed by atoms with van der Waals surface area (Å²) in [7, 11) is -2.96. The molecule has 3 N–H and O–H groups in total. The molecule has 0 spiro atoms. The quantitative estimate of drug-likeness (QED) is 0.471. The van der Waals surface area contributed by atoms with Gasteiger partial charge in [0.05, 0.1) is 5.75 Å². The Morgan fingerprint density at radius 2 is 2.17 bits per heavy atom. The van der Waals surface area contributed by atoms with Gasteiger partial charge in [-0.3, -0.25) is 5.41 Å². The van der Waals surface area contributed by atoms with Crippen LogP contribution >= 0.6 is 11.8 Å². The lowest BCUT2D eigenvalue weighted by atomic mass is 10.1. The minimum absolute atomic E-state index is 0.105. The van der Waals surface area contributed by atoms with Crippen molar-refractivity contribution in [3.63, 3.8) is 0 Å². The van der Waals surface area contributed by atoms with Gasteiger partial charge in [0.15, 0.2) is 0 Å². The smallest absolute Gasteiger partial charge is 0.148 e. The van der Waals surface area contributed by atoms with Crippen LogP contribution in [0, 0.1) is 11.2 Å². The first kappa shape index (κ1) is 15.0. The SMILES string of the molecule is CS(=O)(=O)CCSCc1ccc(F)cc1C(=N)N. The molecule has 0 saturated carbocycles. The van der Waals surface area contributed by atoms with Crippen molar-refractivity contribution in [3.05, 3.63) is 35.1 Å². The van der Waals surface area contributed by atoms with Crippen LogP contribution in [0.5, 0.6) is 0 Å². The Bertz CT molecular complexity index is 544. The Kier molecular flexibility index (Phi) is 5.15. The molecule has 0 aliphatic heterocycles. The number of halogens is 1. The molecule has 18 heavy (non-hydrogen) atoms. The Morgan fingerprint density at radius 3 is 2.72 bits per heavy atom. The highest BCUT2D eigenvalue weighted by molar-refractivity contribution is 7.99. The lowest BCUT2D eigenvalue weighted by Gasteiger charge is -2.08. The number of hydrogen-bond acceptors (Lipinski definition) is 4. The van der Waals surface area contributed by atoms with Crippen LogP contribution in [0.15, 0.2) is 18.2 Å². The summed E-state index contributed by atoms with van der Waals surface area (Å²) in [5.74, 6) is 0.449. The van der Waals surface area contributed by atoms with Gasteiger partial charge in [-0.15, -0.1) is 0 Å². The number of benzene rings is 1. The standard InChI is InChI=1S/C11H15FN2O2S2/c1-18(15,16)5-4-17-7-8-2-3-9(12)6-10(8)11(13)14/h2-3,6H,4-5,7H2,1H3,(H3,13,14). The molecule has 1 aromatic rings. The van der Waals surface area contributed by atoms with E-state index in [1.54, 1.807) is 6.07 Å². The zero-order chi connectivity index (χ0) is 13.8. The molecular formula is C11H15FN2O2S2. The summed E-state index contributed by atoms with van der Waals surface area (Å²) in [6.07, 6.45) is 1.19. The van der Waals surface area contributed by atoms with E-state index in [0.29, 0.717) is 17.1 Å². The Balaban J connectivity index is 2.65. The van der Waals surface area contributed by atoms with E-state index in [1.807, 2.05) is 0 Å². The molecule has 0 radical (unpaired) electrons. The molecule has 7 heteroatoms. The molecule has 0 heterocycles. The minimum atomic E-state index is -2.96. The summed E-state index contributed by atoms with van der Waals surface area (Å²) in [5, 5.41) is 7.36. The van der Waals surface area contributed by atoms with Gasteiger partial charge in [0.2, 0.25) is 0 Å². The fourth-order valence-electron chi connectivity index (χ4n) is 1.32. The van der Waals surface area contributed by atoms with E-state index < -0.39 is 15.7 Å². The average molecular weight is 290 g/mol. The topological polar surface area (TPSA) is 84.0 Å². The van der Waals surface area contributed by atoms with Crippen LogP contribution < -0.4 is 5.73 Å². The maximum Gasteiger partial charge on any atom is 0.148 e. The van der Waals surface area contributed by atoms with Gasteiger partial charge in [-0.25, -0.2) is 12.8 Å². The third kappa shape index (κ3) is 5.05. The van der Waals surface area contributed by atoms with Crippen molar-refractivity contribution >= 4 is 27.4 Å². The van der Waals surface area contributed by atoms with E-state index in [-0.39, 0.29) is 11.6 Å². The number of thioether (sulfide) groups is 1. The van der Waals surface area contributed by atoms with Crippen molar-refractivity contribution in [1.29, 1.82) is 5.41 Å². The predicted molar refractivity (Wildman–Crippen MR) is 73.3 cm³/mol. The molecule has 1 aromatic carbocycles. The van der Waals surface area contributed by atoms with E-state index in [9.17, 15) is 12.8 Å². The largest absolute Gasteiger partial charge is 0.384 e. The van der Waals surface area contributed by atoms with E-state index in [4.69, 9.17) is 11.1 Å². The van der Waals surface area contributed by atoms with Crippen LogP contribution in [0.1, 0.15) is 11.1 Å². The van der Waals surface area contributed by atoms with Crippen LogP contribution in [-0.4, -0.2) is 32.0 Å². The van der Waals surface area contributed by atoms with Crippen molar-refractivity contribution in [2.24, 2.45) is 5.73 Å². The van der Waals surface area contributed by atoms with E-state index in [1.165, 1.54) is 30.2 Å². The second-order valence-corrected chi connectivity index (χ2v) is 7.26. The van der Waals surface area contributed by atoms with Crippen LogP contribution in [0.4, 0.5) is 4.39 Å². The highest BCUT2D eigenvalue weighted by Crippen LogP contribution is 2.18. The van der Waals surface area contributed by atoms with E-state index >= 15 is 0 Å². The molecule has 0 bridgehead atoms. The first-order valence-corrected chi connectivity index (χ1v) is 8.39. The predicted octanol–water partition coefficient (Wildman–Crippen LogP) is 1.39. The summed E-state index contributed by atoms with van der Waals surface area (Å²) >= 11 is 1.42. The third-order valence-electron chi connectivity index (χ3n) is 2.22. The summed E-state index contributed by atoms with van der Waals surface area (Å²) in [6.45, 7) is 0. The summed E-state index contributed by atoms with van der Waals surface area (Å²) in [5.41, 5.74) is 6.47. The fraction of sp³-hybridized carbons (Fsp3) is 0.364. The van der Waals surface area contributed by atoms with Gasteiger partial charge in [0, 0.05) is 23.3 Å². The monoisotopic (exact) mass is 290 g/mol. The highest BCUT2D eigenvalue weighted by atomic mass is 32.2. The number of nitrogens with two attached hydrogens (primary N) is 1. The van der Waals surface area contributed by atoms with Crippen LogP contribution in [0.3, 0.4) is 0 Å². The van der Waals surface area contributed by atoms with Crippen molar-refractivity contribution in [3.8, 4) is 0 Å². The summed E-state index contributed by atoms with van der Waals surface area (Å²) in [6, 6.07) is 4.09. The van der Waals surface area contributed by atoms with Gasteiger partial charge in [-0.05, 0) is 17.7 Å². The molecule has 0 aromatic heterocycles. The van der Waals surface area contributed by atoms with E-state index in [0.717, 1.165) is 5.56 Å². The zero-order valence-electron chi connectivity index (χ0n) is 9.94. The van der Waals surface area contributed by atoms with Gasteiger partial charge in [-0.2, -0.15) is 11.8 Å². The van der Waals surface area contributed by atoms with Crippen LogP contribution in [-0.2, 0) is 15.6 Å². The third-order valence-corrected chi connectivity index (χ3v) is 4.43. The number of amidine groups is 1. The average Bonchev–Trinajstić information content (AvgIpc) is 2.24. The van der Waals surface area contributed by atoms with Crippen molar-refractivity contribution in [2.75, 3.05) is 17.8 Å². The van der Waals surface area contributed by atoms with Gasteiger partial charge >= 0.3 is 0 Å². The van der Waals surface area contributed by atoms with E-state index in [2.05, 4.69) is 0 Å². The summed E-state index contributed by atoms with van der Waals surface area (Å²) in [4.78, 5) is 0. The van der Waals surface area contributed by atoms with Crippen LogP contribution in [0.25, 0.3) is 0 Å². The van der Waals surface area contributed by atoms with Crippen molar-refractivity contribution in [1.82, 2.24) is 0 Å². The first-order chi connectivity index (χ1) is 8.29. The molecule has 0 unspecified atom stereocenters. The maximum absolute atomic E-state index is 13.0. The Morgan fingerprint density at radius 1 is 1.50 bits per heavy atom. The second-order valence-electron chi connectivity index (χ2n) is 3.90. The molecule has 0 amide bonds. The van der Waals surface area contributed by atoms with Gasteiger partial charge in [0.25, 0.3) is 0 Å². The van der Waals surface area contributed by atoms with Crippen molar-refractivity contribution < 1.29 is 12.8 Å². The highest BCUT2D eigenvalue weighted by Gasteiger charge is 2.08. The Hall–Kier alpha value is -1.08. The molecular weight excluding hydrogens is 275 g/mol. The molecule has 100 valence electrons. The van der Waals surface area contributed by atoms with Gasteiger partial charge in [-0.1, -0.05) is 6.07 Å². The zero-order valence-corrected chi connectivity index (χ0v) is 11.6. The number of rotatable bonds is 6. The maximum atomic E-state index is 13.0. The number of hydrogen-bond donors (Lipinski definition) is 2. The lowest BCUT2D eigenvalue weighted by molar-refractivity contribution is 0.603. The van der Waals surface area contributed by atoms with Gasteiger partial charge < -0.3 is 5.73 Å². The molecule has 0 atom stereocenters. The number of sulfone groups is 1. The molecule has 4 nitrogen and oxygen atoms in total. The second kappa shape index (κ2) is 6.19. The fourth-order valence-corrected chi connectivity index (χ4v) is 3.62. The first-order valence-electron chi connectivity index (χ1n) is 5.18.